The van der Waals surface area contributed by atoms with Gasteiger partial charge >= 0.3 is 0 Å². The van der Waals surface area contributed by atoms with Gasteiger partial charge in [0.05, 0.1) is 0 Å². The van der Waals surface area contributed by atoms with Crippen molar-refractivity contribution < 1.29 is 0 Å². The fraction of sp³-hybridized carbons (Fsp3) is 0.714. The van der Waals surface area contributed by atoms with Crippen LogP contribution in [0.5, 0.6) is 0 Å². The van der Waals surface area contributed by atoms with E-state index in [1.807, 2.05) is 0 Å². The van der Waals surface area contributed by atoms with E-state index in [0.717, 1.165) is 17.8 Å². The number of hydrogen-bond acceptors (Lipinski definition) is 0. The van der Waals surface area contributed by atoms with E-state index in [4.69, 9.17) is 0 Å². The molecule has 4 atom stereocenters. The van der Waals surface area contributed by atoms with Crippen molar-refractivity contribution in [3.63, 3.8) is 0 Å². The van der Waals surface area contributed by atoms with E-state index in [-0.39, 0.29) is 0 Å². The van der Waals surface area contributed by atoms with E-state index in [1.54, 1.807) is 0 Å². The Bertz CT molecular complexity index is 286. The van der Waals surface area contributed by atoms with Crippen molar-refractivity contribution in [1.82, 2.24) is 0 Å². The van der Waals surface area contributed by atoms with Crippen LogP contribution in [-0.2, 0) is 0 Å². The molecule has 3 aliphatic rings. The van der Waals surface area contributed by atoms with Crippen LogP contribution in [0.25, 0.3) is 0 Å². The van der Waals surface area contributed by atoms with Crippen LogP contribution in [0, 0.1) is 23.2 Å². The van der Waals surface area contributed by atoms with Gasteiger partial charge in [0.1, 0.15) is 0 Å². The highest BCUT2D eigenvalue weighted by molar-refractivity contribution is 5.30. The van der Waals surface area contributed by atoms with Crippen molar-refractivity contribution in [2.45, 2.75) is 39.0 Å². The van der Waals surface area contributed by atoms with Gasteiger partial charge in [-0.2, -0.15) is 0 Å². The van der Waals surface area contributed by atoms with Crippen LogP contribution in [0.4, 0.5) is 0 Å². The van der Waals surface area contributed by atoms with E-state index in [2.05, 4.69) is 31.2 Å². The molecular formula is C14H20. The van der Waals surface area contributed by atoms with Gasteiger partial charge in [-0.15, -0.1) is 0 Å². The monoisotopic (exact) mass is 188 g/mol. The zero-order valence-electron chi connectivity index (χ0n) is 9.08. The minimum absolute atomic E-state index is 0.620. The Hall–Kier alpha value is -0.520. The third kappa shape index (κ3) is 1.12. The fourth-order valence-electron chi connectivity index (χ4n) is 3.86. The molecule has 0 nitrogen and oxygen atoms in total. The Kier molecular flexibility index (Phi) is 1.87. The summed E-state index contributed by atoms with van der Waals surface area (Å²) in [5.74, 6) is 2.85. The SMILES string of the molecule is CC1CCCCC1C12C=CC=CC1C2. The second-order valence-corrected chi connectivity index (χ2v) is 5.54. The van der Waals surface area contributed by atoms with Crippen LogP contribution in [0.15, 0.2) is 24.3 Å². The molecule has 3 aliphatic carbocycles. The van der Waals surface area contributed by atoms with Crippen LogP contribution in [0.2, 0.25) is 0 Å². The second-order valence-electron chi connectivity index (χ2n) is 5.54. The third-order valence-corrected chi connectivity index (χ3v) is 4.77. The molecule has 0 aromatic carbocycles. The maximum Gasteiger partial charge on any atom is -0.00153 e. The highest BCUT2D eigenvalue weighted by atomic mass is 14.6. The highest BCUT2D eigenvalue weighted by Crippen LogP contribution is 2.64. The van der Waals surface area contributed by atoms with Crippen molar-refractivity contribution in [3.8, 4) is 0 Å². The molecule has 2 saturated carbocycles. The van der Waals surface area contributed by atoms with Crippen molar-refractivity contribution in [2.75, 3.05) is 0 Å². The van der Waals surface area contributed by atoms with E-state index in [9.17, 15) is 0 Å². The third-order valence-electron chi connectivity index (χ3n) is 4.77. The predicted octanol–water partition coefficient (Wildman–Crippen LogP) is 3.95. The molecule has 0 saturated heterocycles. The molecule has 0 aromatic heterocycles. The first-order chi connectivity index (χ1) is 6.83. The summed E-state index contributed by atoms with van der Waals surface area (Å²) in [6, 6.07) is 0. The molecule has 0 amide bonds. The van der Waals surface area contributed by atoms with Gasteiger partial charge in [-0.1, -0.05) is 50.5 Å². The number of fused-ring (bicyclic) bond motifs is 1. The number of allylic oxidation sites excluding steroid dienone is 4. The maximum absolute atomic E-state index is 2.52. The summed E-state index contributed by atoms with van der Waals surface area (Å²) < 4.78 is 0. The molecule has 0 radical (unpaired) electrons. The molecule has 0 aliphatic heterocycles. The molecule has 0 bridgehead atoms. The van der Waals surface area contributed by atoms with Gasteiger partial charge in [0.25, 0.3) is 0 Å². The predicted molar refractivity (Wildman–Crippen MR) is 59.9 cm³/mol. The molecule has 0 N–H and O–H groups in total. The Balaban J connectivity index is 1.82. The lowest BCUT2D eigenvalue weighted by molar-refractivity contribution is 0.180. The first-order valence-corrected chi connectivity index (χ1v) is 6.19. The fourth-order valence-corrected chi connectivity index (χ4v) is 3.86. The van der Waals surface area contributed by atoms with Crippen LogP contribution < -0.4 is 0 Å². The summed E-state index contributed by atoms with van der Waals surface area (Å²) in [4.78, 5) is 0. The summed E-state index contributed by atoms with van der Waals surface area (Å²) in [6.45, 7) is 2.47. The van der Waals surface area contributed by atoms with Gasteiger partial charge in [0.2, 0.25) is 0 Å². The summed E-state index contributed by atoms with van der Waals surface area (Å²) in [7, 11) is 0. The molecule has 14 heavy (non-hydrogen) atoms. The van der Waals surface area contributed by atoms with Crippen LogP contribution >= 0.6 is 0 Å². The Labute approximate surface area is 87.1 Å². The summed E-state index contributed by atoms with van der Waals surface area (Å²) in [5.41, 5.74) is 0.620. The maximum atomic E-state index is 2.52. The van der Waals surface area contributed by atoms with E-state index >= 15 is 0 Å². The second kappa shape index (κ2) is 2.98. The lowest BCUT2D eigenvalue weighted by Gasteiger charge is -2.35. The average molecular weight is 188 g/mol. The lowest BCUT2D eigenvalue weighted by atomic mass is 9.69. The van der Waals surface area contributed by atoms with Gasteiger partial charge in [0.15, 0.2) is 0 Å². The number of rotatable bonds is 1. The standard InChI is InChI=1S/C14H20/c1-11-6-2-3-8-13(11)14-9-5-4-7-12(14)10-14/h4-5,7,9,11-13H,2-3,6,8,10H2,1H3. The van der Waals surface area contributed by atoms with Crippen LogP contribution in [-0.4, -0.2) is 0 Å². The smallest absolute Gasteiger partial charge is 0.00153 e. The summed E-state index contributed by atoms with van der Waals surface area (Å²) in [5, 5.41) is 0. The molecule has 0 aromatic rings. The molecule has 4 unspecified atom stereocenters. The van der Waals surface area contributed by atoms with Crippen molar-refractivity contribution >= 4 is 0 Å². The molecule has 3 rings (SSSR count). The largest absolute Gasteiger partial charge is 0.0805 e. The Morgan fingerprint density at radius 2 is 2.00 bits per heavy atom. The van der Waals surface area contributed by atoms with Gasteiger partial charge in [-0.25, -0.2) is 0 Å². The van der Waals surface area contributed by atoms with Gasteiger partial charge in [0, 0.05) is 0 Å². The Morgan fingerprint density at radius 3 is 2.79 bits per heavy atom. The van der Waals surface area contributed by atoms with Crippen LogP contribution in [0.3, 0.4) is 0 Å². The molecular weight excluding hydrogens is 168 g/mol. The minimum atomic E-state index is 0.620. The number of hydrogen-bond donors (Lipinski definition) is 0. The van der Waals surface area contributed by atoms with Crippen LogP contribution in [0.1, 0.15) is 39.0 Å². The summed E-state index contributed by atoms with van der Waals surface area (Å²) in [6.07, 6.45) is 16.8. The lowest BCUT2D eigenvalue weighted by Crippen LogP contribution is -2.26. The minimum Gasteiger partial charge on any atom is -0.0805 e. The normalized spacial score (nSPS) is 50.2. The Morgan fingerprint density at radius 1 is 1.14 bits per heavy atom. The van der Waals surface area contributed by atoms with Crippen molar-refractivity contribution in [1.29, 1.82) is 0 Å². The quantitative estimate of drug-likeness (QED) is 0.584. The first-order valence-electron chi connectivity index (χ1n) is 6.19. The van der Waals surface area contributed by atoms with Gasteiger partial charge in [-0.05, 0) is 36.0 Å². The molecule has 0 heteroatoms. The molecule has 0 spiro atoms. The molecule has 76 valence electrons. The van der Waals surface area contributed by atoms with E-state index < -0.39 is 0 Å². The van der Waals surface area contributed by atoms with Gasteiger partial charge in [-0.3, -0.25) is 0 Å². The highest BCUT2D eigenvalue weighted by Gasteiger charge is 2.57. The van der Waals surface area contributed by atoms with Gasteiger partial charge < -0.3 is 0 Å². The molecule has 0 heterocycles. The topological polar surface area (TPSA) is 0 Å². The van der Waals surface area contributed by atoms with E-state index in [0.29, 0.717) is 5.41 Å². The van der Waals surface area contributed by atoms with E-state index in [1.165, 1.54) is 32.1 Å². The average Bonchev–Trinajstić information content (AvgIpc) is 2.93. The summed E-state index contributed by atoms with van der Waals surface area (Å²) >= 11 is 0. The first kappa shape index (κ1) is 8.76. The zero-order valence-corrected chi connectivity index (χ0v) is 9.08. The van der Waals surface area contributed by atoms with Crippen molar-refractivity contribution in [3.05, 3.63) is 24.3 Å². The zero-order chi connectivity index (χ0) is 9.60. The van der Waals surface area contributed by atoms with Crippen molar-refractivity contribution in [2.24, 2.45) is 23.2 Å². The molecule has 2 fully saturated rings.